The normalized spacial score (nSPS) is 13.7. The Morgan fingerprint density at radius 2 is 2.25 bits per heavy atom. The number of nitrogens with zero attached hydrogens (tertiary/aromatic N) is 1. The fourth-order valence-electron chi connectivity index (χ4n) is 1.02. The van der Waals surface area contributed by atoms with Crippen molar-refractivity contribution in [1.82, 2.24) is 4.98 Å². The van der Waals surface area contributed by atoms with Gasteiger partial charge in [-0.1, -0.05) is 13.8 Å². The maximum Gasteiger partial charge on any atom is 0.0898 e. The van der Waals surface area contributed by atoms with Gasteiger partial charge in [-0.3, -0.25) is 4.98 Å². The molecule has 1 N–H and O–H groups in total. The van der Waals surface area contributed by atoms with Crippen molar-refractivity contribution >= 4 is 11.3 Å². The highest BCUT2D eigenvalue weighted by molar-refractivity contribution is 7.09. The molecule has 0 aliphatic carbocycles. The Labute approximate surface area is 77.3 Å². The number of rotatable bonds is 4. The van der Waals surface area contributed by atoms with Crippen LogP contribution in [0.1, 0.15) is 37.7 Å². The first-order valence-corrected chi connectivity index (χ1v) is 5.14. The average molecular weight is 185 g/mol. The molecule has 0 aromatic carbocycles. The van der Waals surface area contributed by atoms with Crippen molar-refractivity contribution in [2.24, 2.45) is 5.92 Å². The predicted molar refractivity (Wildman–Crippen MR) is 51.1 cm³/mol. The Bertz CT molecular complexity index is 208. The Hall–Kier alpha value is -0.410. The zero-order chi connectivity index (χ0) is 8.97. The molecule has 1 rings (SSSR count). The second kappa shape index (κ2) is 4.58. The van der Waals surface area contributed by atoms with Crippen LogP contribution >= 0.6 is 11.3 Å². The van der Waals surface area contributed by atoms with Crippen LogP contribution in [-0.2, 0) is 0 Å². The van der Waals surface area contributed by atoms with E-state index in [1.54, 1.807) is 11.7 Å². The molecule has 68 valence electrons. The third-order valence-electron chi connectivity index (χ3n) is 1.80. The highest BCUT2D eigenvalue weighted by atomic mass is 32.1. The maximum absolute atomic E-state index is 9.63. The van der Waals surface area contributed by atoms with Crippen LogP contribution in [-0.4, -0.2) is 10.1 Å². The number of hydrogen-bond donors (Lipinski definition) is 1. The van der Waals surface area contributed by atoms with Gasteiger partial charge < -0.3 is 5.11 Å². The van der Waals surface area contributed by atoms with Crippen molar-refractivity contribution in [3.63, 3.8) is 0 Å². The van der Waals surface area contributed by atoms with E-state index in [0.29, 0.717) is 5.92 Å². The summed E-state index contributed by atoms with van der Waals surface area (Å²) in [6.07, 6.45) is 3.36. The van der Waals surface area contributed by atoms with Gasteiger partial charge in [0.25, 0.3) is 0 Å². The van der Waals surface area contributed by atoms with Gasteiger partial charge in [0.15, 0.2) is 0 Å². The topological polar surface area (TPSA) is 33.1 Å². The van der Waals surface area contributed by atoms with Gasteiger partial charge in [0.1, 0.15) is 0 Å². The molecule has 0 radical (unpaired) electrons. The van der Waals surface area contributed by atoms with E-state index in [1.807, 2.05) is 0 Å². The Morgan fingerprint density at radius 3 is 2.75 bits per heavy atom. The SMILES string of the molecule is CC(C)CCC(O)c1cncs1. The summed E-state index contributed by atoms with van der Waals surface area (Å²) in [6.45, 7) is 4.33. The van der Waals surface area contributed by atoms with E-state index < -0.39 is 0 Å². The third kappa shape index (κ3) is 2.91. The van der Waals surface area contributed by atoms with Crippen molar-refractivity contribution in [1.29, 1.82) is 0 Å². The molecular weight excluding hydrogens is 170 g/mol. The molecule has 0 saturated carbocycles. The Morgan fingerprint density at radius 1 is 1.50 bits per heavy atom. The molecule has 1 atom stereocenters. The molecule has 0 bridgehead atoms. The van der Waals surface area contributed by atoms with E-state index in [1.165, 1.54) is 11.3 Å². The molecule has 0 aliphatic heterocycles. The molecule has 1 heterocycles. The monoisotopic (exact) mass is 185 g/mol. The van der Waals surface area contributed by atoms with E-state index in [2.05, 4.69) is 18.8 Å². The number of aromatic nitrogens is 1. The lowest BCUT2D eigenvalue weighted by molar-refractivity contribution is 0.162. The van der Waals surface area contributed by atoms with Gasteiger partial charge in [-0.2, -0.15) is 0 Å². The van der Waals surface area contributed by atoms with Crippen LogP contribution in [0.3, 0.4) is 0 Å². The zero-order valence-corrected chi connectivity index (χ0v) is 8.34. The van der Waals surface area contributed by atoms with Crippen molar-refractivity contribution in [2.45, 2.75) is 32.8 Å². The summed E-state index contributed by atoms with van der Waals surface area (Å²) < 4.78 is 0. The van der Waals surface area contributed by atoms with E-state index in [0.717, 1.165) is 17.7 Å². The van der Waals surface area contributed by atoms with Gasteiger partial charge in [0.2, 0.25) is 0 Å². The molecule has 0 fully saturated rings. The van der Waals surface area contributed by atoms with Crippen LogP contribution in [0, 0.1) is 5.92 Å². The van der Waals surface area contributed by atoms with E-state index >= 15 is 0 Å². The molecule has 0 spiro atoms. The van der Waals surface area contributed by atoms with Crippen LogP contribution in [0.2, 0.25) is 0 Å². The molecule has 0 amide bonds. The molecule has 3 heteroatoms. The quantitative estimate of drug-likeness (QED) is 0.782. The minimum Gasteiger partial charge on any atom is -0.388 e. The highest BCUT2D eigenvalue weighted by Crippen LogP contribution is 2.23. The minimum absolute atomic E-state index is 0.306. The van der Waals surface area contributed by atoms with Gasteiger partial charge in [-0.15, -0.1) is 11.3 Å². The molecule has 2 nitrogen and oxygen atoms in total. The van der Waals surface area contributed by atoms with Crippen LogP contribution in [0.5, 0.6) is 0 Å². The van der Waals surface area contributed by atoms with E-state index in [-0.39, 0.29) is 6.10 Å². The molecule has 0 saturated heterocycles. The van der Waals surface area contributed by atoms with Gasteiger partial charge in [-0.05, 0) is 18.8 Å². The van der Waals surface area contributed by atoms with Crippen molar-refractivity contribution in [2.75, 3.05) is 0 Å². The molecule has 1 aromatic heterocycles. The summed E-state index contributed by atoms with van der Waals surface area (Å²) in [5, 5.41) is 9.63. The number of aliphatic hydroxyl groups excluding tert-OH is 1. The van der Waals surface area contributed by atoms with Crippen molar-refractivity contribution in [3.8, 4) is 0 Å². The summed E-state index contributed by atoms with van der Waals surface area (Å²) in [7, 11) is 0. The molecule has 0 aliphatic rings. The second-order valence-electron chi connectivity index (χ2n) is 3.39. The summed E-state index contributed by atoms with van der Waals surface area (Å²) in [6, 6.07) is 0. The van der Waals surface area contributed by atoms with Gasteiger partial charge in [0, 0.05) is 6.20 Å². The first-order valence-electron chi connectivity index (χ1n) is 4.26. The number of aliphatic hydroxyl groups is 1. The predicted octanol–water partition coefficient (Wildman–Crippen LogP) is 2.61. The van der Waals surface area contributed by atoms with Gasteiger partial charge in [-0.25, -0.2) is 0 Å². The van der Waals surface area contributed by atoms with E-state index in [9.17, 15) is 5.11 Å². The van der Waals surface area contributed by atoms with Crippen LogP contribution in [0.4, 0.5) is 0 Å². The zero-order valence-electron chi connectivity index (χ0n) is 7.53. The molecule has 12 heavy (non-hydrogen) atoms. The van der Waals surface area contributed by atoms with Crippen LogP contribution in [0.15, 0.2) is 11.7 Å². The van der Waals surface area contributed by atoms with Gasteiger partial charge in [0.05, 0.1) is 16.5 Å². The first kappa shape index (κ1) is 9.68. The number of hydrogen-bond acceptors (Lipinski definition) is 3. The largest absolute Gasteiger partial charge is 0.388 e. The smallest absolute Gasteiger partial charge is 0.0898 e. The standard InChI is InChI=1S/C9H15NOS/c1-7(2)3-4-8(11)9-5-10-6-12-9/h5-8,11H,3-4H2,1-2H3. The van der Waals surface area contributed by atoms with Gasteiger partial charge >= 0.3 is 0 Å². The average Bonchev–Trinajstić information content (AvgIpc) is 2.51. The van der Waals surface area contributed by atoms with Crippen LogP contribution in [0.25, 0.3) is 0 Å². The van der Waals surface area contributed by atoms with Crippen molar-refractivity contribution < 1.29 is 5.11 Å². The second-order valence-corrected chi connectivity index (χ2v) is 4.31. The lowest BCUT2D eigenvalue weighted by Gasteiger charge is -2.09. The third-order valence-corrected chi connectivity index (χ3v) is 2.67. The Kier molecular flexibility index (Phi) is 3.69. The van der Waals surface area contributed by atoms with E-state index in [4.69, 9.17) is 0 Å². The lowest BCUT2D eigenvalue weighted by atomic mass is 10.0. The van der Waals surface area contributed by atoms with Crippen LogP contribution < -0.4 is 0 Å². The molecule has 1 aromatic rings. The minimum atomic E-state index is -0.306. The summed E-state index contributed by atoms with van der Waals surface area (Å²) in [5.74, 6) is 0.660. The summed E-state index contributed by atoms with van der Waals surface area (Å²) in [4.78, 5) is 4.91. The Balaban J connectivity index is 2.34. The number of thiazole rings is 1. The highest BCUT2D eigenvalue weighted by Gasteiger charge is 2.09. The molecule has 1 unspecified atom stereocenters. The summed E-state index contributed by atoms with van der Waals surface area (Å²) in [5.41, 5.74) is 1.76. The lowest BCUT2D eigenvalue weighted by Crippen LogP contribution is -1.97. The fraction of sp³-hybridized carbons (Fsp3) is 0.667. The first-order chi connectivity index (χ1) is 5.70. The molecular formula is C9H15NOS. The maximum atomic E-state index is 9.63. The fourth-order valence-corrected chi connectivity index (χ4v) is 1.66. The van der Waals surface area contributed by atoms with Crippen molar-refractivity contribution in [3.05, 3.63) is 16.6 Å². The summed E-state index contributed by atoms with van der Waals surface area (Å²) >= 11 is 1.52.